The van der Waals surface area contributed by atoms with E-state index in [0.717, 1.165) is 12.8 Å². The molecular formula is C74H126N8O23. The summed E-state index contributed by atoms with van der Waals surface area (Å²) in [6, 6.07) is -1.97. The highest BCUT2D eigenvalue weighted by atomic mass is 16.7. The number of aliphatic hydroxyl groups excluding tert-OH is 3. The number of nitrogens with one attached hydrogen (secondary N) is 4. The molecule has 105 heavy (non-hydrogen) atoms. The van der Waals surface area contributed by atoms with Crippen molar-refractivity contribution in [1.82, 2.24) is 36.3 Å². The van der Waals surface area contributed by atoms with Crippen LogP contribution in [0, 0.1) is 41.4 Å². The number of aliphatic hydroxyl groups is 3. The first kappa shape index (κ1) is 96.0. The molecule has 1 aromatic heterocycles. The number of rotatable bonds is 61. The molecule has 1 fully saturated rings. The number of ketones is 5. The van der Waals surface area contributed by atoms with Crippen molar-refractivity contribution in [2.24, 2.45) is 47.2 Å². The molecule has 11 atom stereocenters. The Hall–Kier alpha value is -7.03. The average Bonchev–Trinajstić information content (AvgIpc) is 0.880. The van der Waals surface area contributed by atoms with Crippen molar-refractivity contribution in [3.63, 3.8) is 0 Å². The number of aliphatic carboxylic acids is 3. The second kappa shape index (κ2) is 55.4. The number of hydrogen-bond acceptors (Lipinski definition) is 22. The molecule has 600 valence electrons. The van der Waals surface area contributed by atoms with E-state index in [-0.39, 0.29) is 163 Å². The number of carboxylic acids is 3. The lowest BCUT2D eigenvalue weighted by Gasteiger charge is -2.38. The van der Waals surface area contributed by atoms with E-state index in [1.807, 2.05) is 27.7 Å². The number of nitrogens with zero attached hydrogens (tertiary/aromatic N) is 3. The summed E-state index contributed by atoms with van der Waals surface area (Å²) in [6.45, 7) is 15.5. The fourth-order valence-electron chi connectivity index (χ4n) is 11.6. The summed E-state index contributed by atoms with van der Waals surface area (Å²) in [5.41, 5.74) is 6.07. The highest BCUT2D eigenvalue weighted by Crippen LogP contribution is 2.25. The fourth-order valence-corrected chi connectivity index (χ4v) is 11.6. The first-order valence-electron chi connectivity index (χ1n) is 37.8. The molecule has 12 N–H and O–H groups in total. The molecule has 0 aromatic carbocycles. The molecule has 1 saturated heterocycles. The van der Waals surface area contributed by atoms with E-state index in [1.54, 1.807) is 34.0 Å². The van der Waals surface area contributed by atoms with Crippen molar-refractivity contribution in [3.8, 4) is 0 Å². The molecule has 2 heterocycles. The van der Waals surface area contributed by atoms with E-state index in [2.05, 4.69) is 38.5 Å². The van der Waals surface area contributed by atoms with Crippen LogP contribution in [0.15, 0.2) is 6.20 Å². The van der Waals surface area contributed by atoms with Crippen LogP contribution in [0.2, 0.25) is 0 Å². The predicted octanol–water partition coefficient (Wildman–Crippen LogP) is 5.48. The van der Waals surface area contributed by atoms with Gasteiger partial charge in [-0.05, 0) is 43.9 Å². The number of carbonyl (C=O) groups is 13. The largest absolute Gasteiger partial charge is 0.481 e. The highest BCUT2D eigenvalue weighted by molar-refractivity contribution is 5.95. The van der Waals surface area contributed by atoms with Gasteiger partial charge in [-0.15, -0.1) is 5.10 Å². The van der Waals surface area contributed by atoms with E-state index in [1.165, 1.54) is 75.3 Å². The summed E-state index contributed by atoms with van der Waals surface area (Å²) in [7, 11) is 1.55. The Labute approximate surface area is 618 Å². The van der Waals surface area contributed by atoms with Gasteiger partial charge in [0.1, 0.15) is 36.5 Å². The number of nitrogens with two attached hydrogens (primary N) is 1. The molecule has 0 bridgehead atoms. The van der Waals surface area contributed by atoms with Crippen molar-refractivity contribution in [3.05, 3.63) is 11.9 Å². The fraction of sp³-hybridized carbons (Fsp3) is 0.797. The van der Waals surface area contributed by atoms with Crippen LogP contribution >= 0.6 is 0 Å². The summed E-state index contributed by atoms with van der Waals surface area (Å²) >= 11 is 0. The standard InChI is InChI=1S/C42H66N6O19.C32H60N2O4/c1-24(2)30(50)21-26(8-12-33(53)54)40(61)45-29(10-13-34(55)56)31(51)20-25(39(43)60)6-4-3-5-7-28(49)23-65-19-18-64-16-14-44-32(52)11-9-27-22-48(47-46-27)15-17-66-42-37(59)35(57)36(58)38(67-42)41(62)63;1-8-9-10-11-12-13-14-15-16-17-18-19-20-21-27(35)23-28(24(2)3)32(38)34-30(25(4)5)29(36)22-26(6)31(37)33-7/h22,24-26,29,35-38,42,57-59H,3-21,23H2,1-2H3,(H2,43,60)(H,44,52)(H,45,61)(H,53,54)(H,55,56)(H,62,63);24-26,28,30H,8-23H2,1-7H3,(H,33,37)(H,34,38)/t25-,26-,29+,35+,36+,37?,38?,42-;26-,28+,30+/m11/s1. The number of carboxylic acid groups (broad SMARTS) is 3. The molecule has 2 rings (SSSR count). The SMILES string of the molecule is CC(C)C(=O)C[C@@H](CCC(=O)O)C(=O)N[C@@H](CCC(=O)O)C(=O)C[C@@H](CCCCCC(=O)COCCOCCNC(=O)CCc1cn(CCO[C@@H]2OC(C(=O)O)[C@@H](O)[C@H](O)C2O)nn1)C(N)=O.CCCCCCCCCCCCCCCC(=O)C[C@H](C(=O)N[C@H](C(=O)C[C@@H](C)C(=O)NC)C(C)C)C(C)C. The van der Waals surface area contributed by atoms with Crippen LogP contribution in [0.4, 0.5) is 0 Å². The summed E-state index contributed by atoms with van der Waals surface area (Å²) in [4.78, 5) is 160. The lowest BCUT2D eigenvalue weighted by molar-refractivity contribution is -0.294. The Morgan fingerprint density at radius 1 is 0.571 bits per heavy atom. The summed E-state index contributed by atoms with van der Waals surface area (Å²) in [5.74, 6) is -10.7. The van der Waals surface area contributed by atoms with Crippen molar-refractivity contribution in [2.75, 3.05) is 46.6 Å². The molecular weight excluding hydrogens is 1370 g/mol. The zero-order valence-corrected chi connectivity index (χ0v) is 63.7. The maximum atomic E-state index is 13.3. The Bertz CT molecular complexity index is 2800. The van der Waals surface area contributed by atoms with E-state index in [0.29, 0.717) is 31.4 Å². The van der Waals surface area contributed by atoms with Crippen LogP contribution < -0.4 is 27.0 Å². The first-order chi connectivity index (χ1) is 49.7. The Morgan fingerprint density at radius 2 is 1.14 bits per heavy atom. The van der Waals surface area contributed by atoms with Crippen LogP contribution in [0.3, 0.4) is 0 Å². The molecule has 0 aliphatic carbocycles. The normalized spacial score (nSPS) is 17.5. The molecule has 0 saturated carbocycles. The average molecular weight is 1500 g/mol. The maximum Gasteiger partial charge on any atom is 0.335 e. The zero-order valence-electron chi connectivity index (χ0n) is 63.7. The monoisotopic (exact) mass is 1490 g/mol. The number of carbonyl (C=O) groups excluding carboxylic acids is 10. The van der Waals surface area contributed by atoms with Crippen LogP contribution in [-0.2, 0) is 94.2 Å². The van der Waals surface area contributed by atoms with Crippen molar-refractivity contribution in [1.29, 1.82) is 0 Å². The molecule has 1 aliphatic rings. The number of hydrogen-bond donors (Lipinski definition) is 11. The summed E-state index contributed by atoms with van der Waals surface area (Å²) in [6.07, 6.45) is 10.5. The number of amides is 5. The molecule has 31 nitrogen and oxygen atoms in total. The predicted molar refractivity (Wildman–Crippen MR) is 385 cm³/mol. The molecule has 0 radical (unpaired) electrons. The molecule has 2 unspecified atom stereocenters. The van der Waals surface area contributed by atoms with Gasteiger partial charge in [0.2, 0.25) is 29.5 Å². The number of unbranched alkanes of at least 4 members (excludes halogenated alkanes) is 14. The van der Waals surface area contributed by atoms with Gasteiger partial charge in [-0.25, -0.2) is 9.48 Å². The Morgan fingerprint density at radius 3 is 1.70 bits per heavy atom. The number of ether oxygens (including phenoxy) is 4. The topological polar surface area (TPSA) is 485 Å². The second-order valence-corrected chi connectivity index (χ2v) is 28.5. The van der Waals surface area contributed by atoms with Crippen LogP contribution in [0.25, 0.3) is 0 Å². The Balaban J connectivity index is 0.00000123. The van der Waals surface area contributed by atoms with Crippen molar-refractivity contribution in [2.45, 2.75) is 291 Å². The number of aromatic nitrogens is 3. The second-order valence-electron chi connectivity index (χ2n) is 28.5. The van der Waals surface area contributed by atoms with E-state index in [4.69, 9.17) is 34.9 Å². The first-order valence-corrected chi connectivity index (χ1v) is 37.8. The minimum absolute atomic E-state index is 0.00157. The smallest absolute Gasteiger partial charge is 0.335 e. The van der Waals surface area contributed by atoms with Crippen molar-refractivity contribution < 1.29 is 112 Å². The minimum Gasteiger partial charge on any atom is -0.481 e. The van der Waals surface area contributed by atoms with Gasteiger partial charge in [-0.3, -0.25) is 57.5 Å². The van der Waals surface area contributed by atoms with Gasteiger partial charge >= 0.3 is 17.9 Å². The molecule has 1 aliphatic heterocycles. The van der Waals surface area contributed by atoms with E-state index < -0.39 is 121 Å². The van der Waals surface area contributed by atoms with Gasteiger partial charge in [0.15, 0.2) is 29.7 Å². The van der Waals surface area contributed by atoms with Gasteiger partial charge in [0, 0.05) is 114 Å². The molecule has 31 heteroatoms. The van der Waals surface area contributed by atoms with Crippen LogP contribution in [-0.4, -0.2) is 211 Å². The summed E-state index contributed by atoms with van der Waals surface area (Å²) in [5, 5.41) is 75.7. The molecule has 0 spiro atoms. The van der Waals surface area contributed by atoms with Crippen molar-refractivity contribution >= 4 is 76.4 Å². The summed E-state index contributed by atoms with van der Waals surface area (Å²) < 4.78 is 22.6. The third-order valence-electron chi connectivity index (χ3n) is 18.4. The van der Waals surface area contributed by atoms with E-state index >= 15 is 0 Å². The molecule has 1 aromatic rings. The van der Waals surface area contributed by atoms with Gasteiger partial charge in [0.25, 0.3) is 0 Å². The minimum atomic E-state index is -1.83. The third-order valence-corrected chi connectivity index (χ3v) is 18.4. The molecule has 5 amide bonds. The van der Waals surface area contributed by atoms with Crippen LogP contribution in [0.1, 0.15) is 241 Å². The van der Waals surface area contributed by atoms with Gasteiger partial charge < -0.3 is 76.6 Å². The maximum absolute atomic E-state index is 13.3. The Kier molecular flexibility index (Phi) is 50.6. The van der Waals surface area contributed by atoms with Gasteiger partial charge in [-0.2, -0.15) is 0 Å². The van der Waals surface area contributed by atoms with Gasteiger partial charge in [0.05, 0.1) is 50.7 Å². The third kappa shape index (κ3) is 42.8. The van der Waals surface area contributed by atoms with Gasteiger partial charge in [-0.1, -0.05) is 150 Å². The number of primary amides is 1. The zero-order chi connectivity index (χ0) is 79.0. The highest BCUT2D eigenvalue weighted by Gasteiger charge is 2.47. The number of aryl methyl sites for hydroxylation is 1. The lowest BCUT2D eigenvalue weighted by atomic mass is 9.87. The van der Waals surface area contributed by atoms with Crippen LogP contribution in [0.5, 0.6) is 0 Å². The number of Topliss-reactive ketones (excluding diaryl/α,β-unsaturated/α-hetero) is 5. The quantitative estimate of drug-likeness (QED) is 0.0360. The van der Waals surface area contributed by atoms with E-state index in [9.17, 15) is 82.8 Å². The lowest BCUT2D eigenvalue weighted by Crippen LogP contribution is -2.60.